The van der Waals surface area contributed by atoms with E-state index >= 15 is 0 Å². The van der Waals surface area contributed by atoms with Gasteiger partial charge in [-0.2, -0.15) is 0 Å². The quantitative estimate of drug-likeness (QED) is 0.163. The summed E-state index contributed by atoms with van der Waals surface area (Å²) < 4.78 is 5.34. The molecule has 0 spiro atoms. The second kappa shape index (κ2) is 11.4. The molecule has 0 N–H and O–H groups in total. The Hall–Kier alpha value is -5.86. The SMILES string of the molecule is c1ccc(-n2c3ccccc3c3ccc(N(c4ccc(-c5ccc6[se]c7ccccc7c6c5)cc4)c4ccc5ccccc5c4)cc32)cc1. The third-order valence-electron chi connectivity index (χ3n) is 9.76. The molecule has 3 heteroatoms. The zero-order valence-electron chi connectivity index (χ0n) is 26.6. The maximum atomic E-state index is 2.39. The average Bonchev–Trinajstić information content (AvgIpc) is 3.71. The van der Waals surface area contributed by atoms with E-state index in [4.69, 9.17) is 0 Å². The van der Waals surface area contributed by atoms with Crippen molar-refractivity contribution in [3.8, 4) is 16.8 Å². The van der Waals surface area contributed by atoms with Gasteiger partial charge in [0.05, 0.1) is 5.52 Å². The Labute approximate surface area is 290 Å². The zero-order valence-corrected chi connectivity index (χ0v) is 28.3. The fraction of sp³-hybridized carbons (Fsp3) is 0. The Kier molecular flexibility index (Phi) is 6.55. The van der Waals surface area contributed by atoms with E-state index in [1.807, 2.05) is 0 Å². The summed E-state index contributed by atoms with van der Waals surface area (Å²) in [7, 11) is 0. The molecule has 0 unspecified atom stereocenters. The van der Waals surface area contributed by atoms with E-state index in [9.17, 15) is 0 Å². The Morgan fingerprint density at radius 1 is 0.367 bits per heavy atom. The first-order valence-electron chi connectivity index (χ1n) is 16.7. The van der Waals surface area contributed by atoms with Gasteiger partial charge in [0.25, 0.3) is 0 Å². The van der Waals surface area contributed by atoms with Crippen molar-refractivity contribution in [3.63, 3.8) is 0 Å². The first-order valence-corrected chi connectivity index (χ1v) is 18.4. The van der Waals surface area contributed by atoms with Crippen molar-refractivity contribution in [2.75, 3.05) is 4.90 Å². The molecule has 8 aromatic carbocycles. The van der Waals surface area contributed by atoms with Crippen LogP contribution in [0.25, 0.3) is 68.7 Å². The molecule has 0 saturated heterocycles. The van der Waals surface area contributed by atoms with Crippen molar-refractivity contribution >= 4 is 83.4 Å². The smallest absolute Gasteiger partial charge is 0.0602 e. The first kappa shape index (κ1) is 28.2. The van der Waals surface area contributed by atoms with Crippen molar-refractivity contribution in [1.82, 2.24) is 4.57 Å². The molecule has 0 fully saturated rings. The molecule has 230 valence electrons. The van der Waals surface area contributed by atoms with Crippen molar-refractivity contribution in [2.24, 2.45) is 0 Å². The van der Waals surface area contributed by atoms with E-state index in [1.165, 1.54) is 63.0 Å². The van der Waals surface area contributed by atoms with Gasteiger partial charge in [-0.25, -0.2) is 0 Å². The molecule has 0 saturated carbocycles. The minimum absolute atomic E-state index is 0.377. The second-order valence-corrected chi connectivity index (χ2v) is 14.9. The Morgan fingerprint density at radius 3 is 1.88 bits per heavy atom. The Balaban J connectivity index is 1.14. The van der Waals surface area contributed by atoms with Crippen LogP contribution in [0.3, 0.4) is 0 Å². The standard InChI is InChI=1S/C46H30N2Se/c1-2-12-35(13-3-1)48-43-16-8-6-14-39(43)40-26-25-38(30-44(40)48)47(37-24-20-31-10-4-5-11-33(31)28-37)36-22-18-32(19-23-36)34-21-27-46-42(29-34)41-15-7-9-17-45(41)49-46/h1-30H. The fourth-order valence-corrected chi connectivity index (χ4v) is 9.70. The predicted octanol–water partition coefficient (Wildman–Crippen LogP) is 12.4. The molecule has 0 bridgehead atoms. The molecule has 0 radical (unpaired) electrons. The van der Waals surface area contributed by atoms with Gasteiger partial charge in [0.1, 0.15) is 0 Å². The van der Waals surface area contributed by atoms with Gasteiger partial charge in [0.15, 0.2) is 0 Å². The van der Waals surface area contributed by atoms with E-state index in [0.29, 0.717) is 14.5 Å². The summed E-state index contributed by atoms with van der Waals surface area (Å²) in [6.07, 6.45) is 0. The molecule has 0 aliphatic rings. The van der Waals surface area contributed by atoms with Gasteiger partial charge in [-0.1, -0.05) is 60.7 Å². The number of para-hydroxylation sites is 2. The van der Waals surface area contributed by atoms with Crippen LogP contribution in [0.5, 0.6) is 0 Å². The van der Waals surface area contributed by atoms with Crippen LogP contribution in [-0.2, 0) is 0 Å². The summed E-state index contributed by atoms with van der Waals surface area (Å²) in [6, 6.07) is 66.7. The van der Waals surface area contributed by atoms with E-state index < -0.39 is 0 Å². The third-order valence-corrected chi connectivity index (χ3v) is 12.2. The number of hydrogen-bond donors (Lipinski definition) is 0. The van der Waals surface area contributed by atoms with Crippen molar-refractivity contribution < 1.29 is 0 Å². The first-order chi connectivity index (χ1) is 24.3. The molecular weight excluding hydrogens is 659 g/mol. The summed E-state index contributed by atoms with van der Waals surface area (Å²) in [4.78, 5) is 2.39. The summed E-state index contributed by atoms with van der Waals surface area (Å²) in [5.41, 5.74) is 9.40. The molecule has 2 heterocycles. The van der Waals surface area contributed by atoms with Gasteiger partial charge >= 0.3 is 181 Å². The summed E-state index contributed by atoms with van der Waals surface area (Å²) in [5, 5.41) is 7.74. The second-order valence-electron chi connectivity index (χ2n) is 12.6. The molecule has 49 heavy (non-hydrogen) atoms. The normalized spacial score (nSPS) is 11.7. The van der Waals surface area contributed by atoms with Crippen molar-refractivity contribution in [1.29, 1.82) is 0 Å². The monoisotopic (exact) mass is 690 g/mol. The summed E-state index contributed by atoms with van der Waals surface area (Å²) >= 11 is 0.377. The van der Waals surface area contributed by atoms with Crippen LogP contribution in [0.1, 0.15) is 0 Å². The van der Waals surface area contributed by atoms with Crippen LogP contribution in [0.2, 0.25) is 0 Å². The molecule has 0 aliphatic heterocycles. The van der Waals surface area contributed by atoms with E-state index in [0.717, 1.165) is 22.7 Å². The molecule has 0 amide bonds. The van der Waals surface area contributed by atoms with Crippen LogP contribution in [0.15, 0.2) is 182 Å². The molecule has 2 nitrogen and oxygen atoms in total. The molecule has 0 atom stereocenters. The van der Waals surface area contributed by atoms with Gasteiger partial charge in [-0.15, -0.1) is 0 Å². The predicted molar refractivity (Wildman–Crippen MR) is 210 cm³/mol. The Bertz CT molecular complexity index is 2830. The number of fused-ring (bicyclic) bond motifs is 7. The molecule has 10 rings (SSSR count). The zero-order chi connectivity index (χ0) is 32.3. The summed E-state index contributed by atoms with van der Waals surface area (Å²) in [5.74, 6) is 0. The van der Waals surface area contributed by atoms with Gasteiger partial charge in [0.2, 0.25) is 0 Å². The minimum atomic E-state index is 0.377. The van der Waals surface area contributed by atoms with Crippen LogP contribution in [-0.4, -0.2) is 19.1 Å². The van der Waals surface area contributed by atoms with E-state index in [1.54, 1.807) is 0 Å². The Morgan fingerprint density at radius 2 is 1.00 bits per heavy atom. The maximum absolute atomic E-state index is 2.39. The fourth-order valence-electron chi connectivity index (χ4n) is 7.42. The number of hydrogen-bond acceptors (Lipinski definition) is 1. The molecule has 2 aromatic heterocycles. The van der Waals surface area contributed by atoms with Gasteiger partial charge < -0.3 is 4.57 Å². The average molecular weight is 690 g/mol. The third kappa shape index (κ3) is 4.70. The minimum Gasteiger partial charge on any atom is -0.0602 e. The number of rotatable bonds is 5. The molecule has 10 aromatic rings. The topological polar surface area (TPSA) is 8.17 Å². The van der Waals surface area contributed by atoms with Crippen LogP contribution in [0.4, 0.5) is 17.1 Å². The summed E-state index contributed by atoms with van der Waals surface area (Å²) in [6.45, 7) is 0. The van der Waals surface area contributed by atoms with Crippen LogP contribution in [0, 0.1) is 0 Å². The van der Waals surface area contributed by atoms with Gasteiger partial charge in [0, 0.05) is 16.5 Å². The van der Waals surface area contributed by atoms with Crippen LogP contribution < -0.4 is 4.90 Å². The number of benzene rings is 8. The molecular formula is C46H30N2Se. The van der Waals surface area contributed by atoms with Crippen molar-refractivity contribution in [3.05, 3.63) is 182 Å². The van der Waals surface area contributed by atoms with Crippen molar-refractivity contribution in [2.45, 2.75) is 0 Å². The number of aromatic nitrogens is 1. The van der Waals surface area contributed by atoms with E-state index in [-0.39, 0.29) is 0 Å². The number of nitrogens with zero attached hydrogens (tertiary/aromatic N) is 2. The molecule has 0 aliphatic carbocycles. The van der Waals surface area contributed by atoms with Gasteiger partial charge in [-0.05, 0) is 23.6 Å². The number of anilines is 3. The van der Waals surface area contributed by atoms with Crippen LogP contribution >= 0.6 is 0 Å². The van der Waals surface area contributed by atoms with Gasteiger partial charge in [-0.3, -0.25) is 0 Å². The van der Waals surface area contributed by atoms with E-state index in [2.05, 4.69) is 191 Å².